The minimum Gasteiger partial charge on any atom is -0.322 e. The van der Waals surface area contributed by atoms with E-state index < -0.39 is 0 Å². The van der Waals surface area contributed by atoms with Crippen molar-refractivity contribution in [2.75, 3.05) is 5.32 Å². The van der Waals surface area contributed by atoms with E-state index in [2.05, 4.69) is 45.5 Å². The van der Waals surface area contributed by atoms with E-state index in [9.17, 15) is 4.79 Å². The zero-order chi connectivity index (χ0) is 17.6. The molecule has 0 saturated carbocycles. The number of anilines is 1. The zero-order valence-corrected chi connectivity index (χ0v) is 15.9. The molecule has 0 saturated heterocycles. The number of allylic oxidation sites excluding steroid dienone is 3. The number of rotatable bonds is 5. The lowest BCUT2D eigenvalue weighted by atomic mass is 10.0. The Bertz CT molecular complexity index is 823. The van der Waals surface area contributed by atoms with Gasteiger partial charge in [0.1, 0.15) is 0 Å². The van der Waals surface area contributed by atoms with Gasteiger partial charge in [0, 0.05) is 16.2 Å². The lowest BCUT2D eigenvalue weighted by molar-refractivity contribution is -0.111. The summed E-state index contributed by atoms with van der Waals surface area (Å²) in [4.78, 5) is 11.9. The molecule has 0 bridgehead atoms. The van der Waals surface area contributed by atoms with Crippen molar-refractivity contribution in [2.45, 2.75) is 26.2 Å². The summed E-state index contributed by atoms with van der Waals surface area (Å²) in [6.07, 6.45) is 10.8. The summed E-state index contributed by atoms with van der Waals surface area (Å²) in [5.41, 5.74) is 4.85. The fourth-order valence-corrected chi connectivity index (χ4v) is 3.63. The van der Waals surface area contributed by atoms with Crippen LogP contribution in [0.1, 0.15) is 23.1 Å². The zero-order valence-electron chi connectivity index (χ0n) is 14.3. The van der Waals surface area contributed by atoms with Gasteiger partial charge in [-0.3, -0.25) is 4.79 Å². The van der Waals surface area contributed by atoms with Crippen LogP contribution >= 0.6 is 15.9 Å². The van der Waals surface area contributed by atoms with E-state index in [1.807, 2.05) is 43.3 Å². The summed E-state index contributed by atoms with van der Waals surface area (Å²) >= 11 is 3.54. The van der Waals surface area contributed by atoms with E-state index in [0.717, 1.165) is 35.0 Å². The average molecular weight is 396 g/mol. The van der Waals surface area contributed by atoms with Crippen LogP contribution in [0.5, 0.6) is 0 Å². The van der Waals surface area contributed by atoms with Crippen LogP contribution in [-0.2, 0) is 17.6 Å². The minimum atomic E-state index is -0.0999. The SMILES string of the molecule is Cc1ccccc1NC(=O)/C=C/C=C/CC1Cc2ccc(Br)cc2C1. The molecule has 0 radical (unpaired) electrons. The van der Waals surface area contributed by atoms with E-state index in [-0.39, 0.29) is 5.91 Å². The number of hydrogen-bond donors (Lipinski definition) is 1. The molecule has 1 unspecified atom stereocenters. The fraction of sp³-hybridized carbons (Fsp3) is 0.227. The van der Waals surface area contributed by atoms with E-state index >= 15 is 0 Å². The Morgan fingerprint density at radius 1 is 1.16 bits per heavy atom. The van der Waals surface area contributed by atoms with Crippen molar-refractivity contribution >= 4 is 27.5 Å². The molecule has 2 nitrogen and oxygen atoms in total. The third-order valence-corrected chi connectivity index (χ3v) is 5.05. The maximum absolute atomic E-state index is 11.9. The summed E-state index contributed by atoms with van der Waals surface area (Å²) in [5.74, 6) is 0.562. The first-order valence-electron chi connectivity index (χ1n) is 8.59. The van der Waals surface area contributed by atoms with Gasteiger partial charge in [-0.2, -0.15) is 0 Å². The molecule has 2 aromatic carbocycles. The maximum atomic E-state index is 11.9. The van der Waals surface area contributed by atoms with Gasteiger partial charge in [-0.15, -0.1) is 0 Å². The quantitative estimate of drug-likeness (QED) is 0.516. The predicted molar refractivity (Wildman–Crippen MR) is 108 cm³/mol. The Labute approximate surface area is 157 Å². The molecule has 1 N–H and O–H groups in total. The average Bonchev–Trinajstić information content (AvgIpc) is 2.98. The van der Waals surface area contributed by atoms with Crippen LogP contribution in [-0.4, -0.2) is 5.91 Å². The molecule has 0 fully saturated rings. The maximum Gasteiger partial charge on any atom is 0.248 e. The lowest BCUT2D eigenvalue weighted by Gasteiger charge is -2.05. The van der Waals surface area contributed by atoms with Crippen molar-refractivity contribution in [3.05, 3.63) is 87.9 Å². The first-order valence-corrected chi connectivity index (χ1v) is 9.38. The number of nitrogens with one attached hydrogen (secondary N) is 1. The number of fused-ring (bicyclic) bond motifs is 1. The molecular weight excluding hydrogens is 374 g/mol. The largest absolute Gasteiger partial charge is 0.322 e. The van der Waals surface area contributed by atoms with E-state index in [4.69, 9.17) is 0 Å². The van der Waals surface area contributed by atoms with Gasteiger partial charge in [-0.1, -0.05) is 58.4 Å². The van der Waals surface area contributed by atoms with Crippen molar-refractivity contribution in [3.8, 4) is 0 Å². The van der Waals surface area contributed by atoms with Gasteiger partial charge in [0.15, 0.2) is 0 Å². The van der Waals surface area contributed by atoms with Crippen molar-refractivity contribution < 1.29 is 4.79 Å². The summed E-state index contributed by atoms with van der Waals surface area (Å²) in [6.45, 7) is 1.98. The first-order chi connectivity index (χ1) is 12.1. The van der Waals surface area contributed by atoms with Gasteiger partial charge in [0.25, 0.3) is 0 Å². The second-order valence-corrected chi connectivity index (χ2v) is 7.43. The summed E-state index contributed by atoms with van der Waals surface area (Å²) in [6, 6.07) is 14.3. The monoisotopic (exact) mass is 395 g/mol. The number of amides is 1. The highest BCUT2D eigenvalue weighted by atomic mass is 79.9. The third kappa shape index (κ3) is 4.93. The summed E-state index contributed by atoms with van der Waals surface area (Å²) < 4.78 is 1.16. The number of aryl methyl sites for hydroxylation is 1. The van der Waals surface area contributed by atoms with Crippen molar-refractivity contribution in [1.29, 1.82) is 0 Å². The Balaban J connectivity index is 1.45. The highest BCUT2D eigenvalue weighted by molar-refractivity contribution is 9.10. The van der Waals surface area contributed by atoms with E-state index in [0.29, 0.717) is 5.92 Å². The highest BCUT2D eigenvalue weighted by Crippen LogP contribution is 2.31. The van der Waals surface area contributed by atoms with Crippen LogP contribution in [0, 0.1) is 12.8 Å². The first kappa shape index (κ1) is 17.7. The molecule has 128 valence electrons. The van der Waals surface area contributed by atoms with Gasteiger partial charge in [0.05, 0.1) is 0 Å². The molecule has 0 aliphatic heterocycles. The second-order valence-electron chi connectivity index (χ2n) is 6.51. The molecule has 25 heavy (non-hydrogen) atoms. The second kappa shape index (κ2) is 8.30. The van der Waals surface area contributed by atoms with Crippen molar-refractivity contribution in [3.63, 3.8) is 0 Å². The molecule has 3 rings (SSSR count). The Hall–Kier alpha value is -2.13. The van der Waals surface area contributed by atoms with E-state index in [1.165, 1.54) is 11.1 Å². The van der Waals surface area contributed by atoms with Gasteiger partial charge in [0.2, 0.25) is 5.91 Å². The Morgan fingerprint density at radius 2 is 1.96 bits per heavy atom. The normalized spacial score (nSPS) is 16.5. The van der Waals surface area contributed by atoms with Gasteiger partial charge in [-0.25, -0.2) is 0 Å². The summed E-state index contributed by atoms with van der Waals surface area (Å²) in [7, 11) is 0. The summed E-state index contributed by atoms with van der Waals surface area (Å²) in [5, 5.41) is 2.90. The highest BCUT2D eigenvalue weighted by Gasteiger charge is 2.20. The molecule has 2 aromatic rings. The number of para-hydroxylation sites is 1. The van der Waals surface area contributed by atoms with Crippen molar-refractivity contribution in [1.82, 2.24) is 0 Å². The van der Waals surface area contributed by atoms with Gasteiger partial charge >= 0.3 is 0 Å². The lowest BCUT2D eigenvalue weighted by Crippen LogP contribution is -2.08. The Kier molecular flexibility index (Phi) is 5.87. The van der Waals surface area contributed by atoms with Crippen molar-refractivity contribution in [2.24, 2.45) is 5.92 Å². The number of halogens is 1. The predicted octanol–water partition coefficient (Wildman–Crippen LogP) is 5.61. The molecule has 3 heteroatoms. The van der Waals surface area contributed by atoms with Crippen LogP contribution in [0.25, 0.3) is 0 Å². The fourth-order valence-electron chi connectivity index (χ4n) is 3.22. The van der Waals surface area contributed by atoms with Crippen LogP contribution in [0.15, 0.2) is 71.2 Å². The number of carbonyl (C=O) groups excluding carboxylic acids is 1. The Morgan fingerprint density at radius 3 is 2.80 bits per heavy atom. The number of hydrogen-bond acceptors (Lipinski definition) is 1. The molecule has 0 aromatic heterocycles. The smallest absolute Gasteiger partial charge is 0.248 e. The standard InChI is InChI=1S/C22H22BrNO/c1-16-7-5-6-9-21(16)24-22(25)10-4-2-3-8-17-13-18-11-12-20(23)15-19(18)14-17/h2-7,9-12,15,17H,8,13-14H2,1H3,(H,24,25)/b3-2+,10-4+. The molecule has 1 aliphatic carbocycles. The van der Waals surface area contributed by atoms with Crippen LogP contribution in [0.4, 0.5) is 5.69 Å². The van der Waals surface area contributed by atoms with E-state index in [1.54, 1.807) is 6.08 Å². The number of carbonyl (C=O) groups is 1. The molecule has 0 heterocycles. The number of benzene rings is 2. The molecular formula is C22H22BrNO. The van der Waals surface area contributed by atoms with Gasteiger partial charge in [-0.05, 0) is 67.0 Å². The van der Waals surface area contributed by atoms with Crippen LogP contribution in [0.2, 0.25) is 0 Å². The third-order valence-electron chi connectivity index (χ3n) is 4.55. The van der Waals surface area contributed by atoms with Crippen LogP contribution in [0.3, 0.4) is 0 Å². The van der Waals surface area contributed by atoms with Gasteiger partial charge < -0.3 is 5.32 Å². The minimum absolute atomic E-state index is 0.0999. The molecule has 1 aliphatic rings. The van der Waals surface area contributed by atoms with Crippen LogP contribution < -0.4 is 5.32 Å². The molecule has 1 atom stereocenters. The molecule has 1 amide bonds. The molecule has 0 spiro atoms. The topological polar surface area (TPSA) is 29.1 Å².